The van der Waals surface area contributed by atoms with Crippen molar-refractivity contribution in [3.05, 3.63) is 0 Å². The molecule has 0 aliphatic carbocycles. The summed E-state index contributed by atoms with van der Waals surface area (Å²) in [6.07, 6.45) is 3.59. The van der Waals surface area contributed by atoms with E-state index in [0.717, 1.165) is 25.6 Å². The molecule has 0 aromatic carbocycles. The maximum absolute atomic E-state index is 5.50. The summed E-state index contributed by atoms with van der Waals surface area (Å²) in [7, 11) is 2.08. The van der Waals surface area contributed by atoms with Crippen LogP contribution in [0.2, 0.25) is 0 Å². The molecule has 1 heterocycles. The van der Waals surface area contributed by atoms with Gasteiger partial charge in [-0.3, -0.25) is 0 Å². The molecule has 0 saturated carbocycles. The third-order valence-electron chi connectivity index (χ3n) is 3.47. The number of rotatable bonds is 7. The number of likely N-dealkylation sites (tertiary alicyclic amines) is 1. The van der Waals surface area contributed by atoms with Gasteiger partial charge in [0.1, 0.15) is 0 Å². The van der Waals surface area contributed by atoms with Crippen LogP contribution in [0.1, 0.15) is 33.1 Å². The monoisotopic (exact) mass is 228 g/mol. The summed E-state index contributed by atoms with van der Waals surface area (Å²) < 4.78 is 5.50. The highest BCUT2D eigenvalue weighted by atomic mass is 16.5. The van der Waals surface area contributed by atoms with Crippen LogP contribution in [0.3, 0.4) is 0 Å². The van der Waals surface area contributed by atoms with E-state index < -0.39 is 0 Å². The van der Waals surface area contributed by atoms with Gasteiger partial charge in [-0.15, -0.1) is 0 Å². The number of hydrogen-bond donors (Lipinski definition) is 1. The van der Waals surface area contributed by atoms with Crippen LogP contribution in [0.5, 0.6) is 0 Å². The van der Waals surface area contributed by atoms with Gasteiger partial charge < -0.3 is 15.0 Å². The van der Waals surface area contributed by atoms with Gasteiger partial charge in [-0.25, -0.2) is 0 Å². The van der Waals surface area contributed by atoms with Gasteiger partial charge in [-0.05, 0) is 38.8 Å². The van der Waals surface area contributed by atoms with Crippen molar-refractivity contribution in [2.45, 2.75) is 39.2 Å². The highest BCUT2D eigenvalue weighted by Crippen LogP contribution is 2.16. The Kier molecular flexibility index (Phi) is 7.01. The van der Waals surface area contributed by atoms with Gasteiger partial charge in [-0.1, -0.05) is 13.8 Å². The van der Waals surface area contributed by atoms with Gasteiger partial charge >= 0.3 is 0 Å². The van der Waals surface area contributed by atoms with Crippen LogP contribution >= 0.6 is 0 Å². The van der Waals surface area contributed by atoms with Crippen molar-refractivity contribution in [2.24, 2.45) is 5.92 Å². The quantitative estimate of drug-likeness (QED) is 0.672. The normalized spacial score (nSPS) is 27.2. The van der Waals surface area contributed by atoms with Crippen LogP contribution in [0.25, 0.3) is 0 Å². The molecule has 0 amide bonds. The van der Waals surface area contributed by atoms with E-state index in [9.17, 15) is 0 Å². The Hall–Kier alpha value is -0.120. The molecule has 1 saturated heterocycles. The van der Waals surface area contributed by atoms with Crippen LogP contribution in [0.15, 0.2) is 0 Å². The molecule has 0 aromatic rings. The topological polar surface area (TPSA) is 24.5 Å². The van der Waals surface area contributed by atoms with E-state index in [1.54, 1.807) is 0 Å². The second kappa shape index (κ2) is 8.04. The zero-order valence-corrected chi connectivity index (χ0v) is 11.2. The minimum Gasteiger partial charge on any atom is -0.381 e. The summed E-state index contributed by atoms with van der Waals surface area (Å²) in [5.41, 5.74) is 0. The lowest BCUT2D eigenvalue weighted by Gasteiger charge is -2.36. The number of nitrogens with zero attached hydrogens (tertiary/aromatic N) is 1. The molecule has 0 radical (unpaired) electrons. The molecule has 16 heavy (non-hydrogen) atoms. The van der Waals surface area contributed by atoms with Crippen molar-refractivity contribution < 1.29 is 4.74 Å². The van der Waals surface area contributed by atoms with Crippen LogP contribution in [0, 0.1) is 5.92 Å². The molecule has 0 spiro atoms. The molecular weight excluding hydrogens is 200 g/mol. The van der Waals surface area contributed by atoms with Crippen LogP contribution < -0.4 is 5.32 Å². The summed E-state index contributed by atoms with van der Waals surface area (Å²) in [5.74, 6) is 0.773. The average molecular weight is 228 g/mol. The Morgan fingerprint density at radius 3 is 2.81 bits per heavy atom. The first-order chi connectivity index (χ1) is 7.77. The maximum Gasteiger partial charge on any atom is 0.0478 e. The fourth-order valence-electron chi connectivity index (χ4n) is 2.50. The lowest BCUT2D eigenvalue weighted by Crippen LogP contribution is -2.47. The second-order valence-corrected chi connectivity index (χ2v) is 4.93. The lowest BCUT2D eigenvalue weighted by atomic mass is 9.94. The number of ether oxygens (including phenoxy) is 1. The Balaban J connectivity index is 2.06. The average Bonchev–Trinajstić information content (AvgIpc) is 2.29. The van der Waals surface area contributed by atoms with Gasteiger partial charge in [0.25, 0.3) is 0 Å². The fourth-order valence-corrected chi connectivity index (χ4v) is 2.50. The summed E-state index contributed by atoms with van der Waals surface area (Å²) in [6, 6.07) is 0.715. The van der Waals surface area contributed by atoms with E-state index in [1.807, 2.05) is 0 Å². The molecular formula is C13H28N2O. The minimum atomic E-state index is 0.715. The van der Waals surface area contributed by atoms with Crippen molar-refractivity contribution in [3.8, 4) is 0 Å². The van der Waals surface area contributed by atoms with Crippen molar-refractivity contribution in [3.63, 3.8) is 0 Å². The van der Waals surface area contributed by atoms with Crippen LogP contribution in [-0.4, -0.2) is 50.8 Å². The Morgan fingerprint density at radius 1 is 1.38 bits per heavy atom. The third-order valence-corrected chi connectivity index (χ3v) is 3.47. The highest BCUT2D eigenvalue weighted by molar-refractivity contribution is 4.81. The summed E-state index contributed by atoms with van der Waals surface area (Å²) in [6.45, 7) is 10.0. The fraction of sp³-hybridized carbons (Fsp3) is 1.00. The largest absolute Gasteiger partial charge is 0.381 e. The highest BCUT2D eigenvalue weighted by Gasteiger charge is 2.23. The molecule has 1 aliphatic rings. The van der Waals surface area contributed by atoms with Gasteiger partial charge in [0, 0.05) is 32.3 Å². The molecule has 3 nitrogen and oxygen atoms in total. The first-order valence-electron chi connectivity index (χ1n) is 6.75. The predicted octanol–water partition coefficient (Wildman–Crippen LogP) is 1.73. The zero-order chi connectivity index (χ0) is 11.8. The first kappa shape index (κ1) is 13.9. The summed E-state index contributed by atoms with van der Waals surface area (Å²) in [4.78, 5) is 2.58. The summed E-state index contributed by atoms with van der Waals surface area (Å²) >= 11 is 0. The van der Waals surface area contributed by atoms with E-state index in [1.165, 1.54) is 32.5 Å². The van der Waals surface area contributed by atoms with E-state index in [4.69, 9.17) is 4.74 Å². The standard InChI is InChI=1S/C13H28N2O/c1-4-9-16-10-5-7-15-8-6-13(14-3)12(2)11-15/h12-14H,4-11H2,1-3H3. The molecule has 1 rings (SSSR count). The van der Waals surface area contributed by atoms with Crippen molar-refractivity contribution >= 4 is 0 Å². The van der Waals surface area contributed by atoms with Crippen molar-refractivity contribution in [2.75, 3.05) is 39.9 Å². The molecule has 0 bridgehead atoms. The van der Waals surface area contributed by atoms with E-state index >= 15 is 0 Å². The molecule has 1 aliphatic heterocycles. The Bertz CT molecular complexity index is 175. The Labute approximate surface area is 101 Å². The molecule has 1 fully saturated rings. The van der Waals surface area contributed by atoms with Gasteiger partial charge in [0.2, 0.25) is 0 Å². The third kappa shape index (κ3) is 4.81. The first-order valence-corrected chi connectivity index (χ1v) is 6.75. The van der Waals surface area contributed by atoms with Gasteiger partial charge in [0.05, 0.1) is 0 Å². The number of piperidine rings is 1. The molecule has 96 valence electrons. The predicted molar refractivity (Wildman–Crippen MR) is 68.8 cm³/mol. The van der Waals surface area contributed by atoms with E-state index in [2.05, 4.69) is 31.1 Å². The van der Waals surface area contributed by atoms with E-state index in [0.29, 0.717) is 6.04 Å². The smallest absolute Gasteiger partial charge is 0.0478 e. The van der Waals surface area contributed by atoms with Gasteiger partial charge in [-0.2, -0.15) is 0 Å². The molecule has 3 heteroatoms. The second-order valence-electron chi connectivity index (χ2n) is 4.93. The van der Waals surface area contributed by atoms with Crippen molar-refractivity contribution in [1.29, 1.82) is 0 Å². The van der Waals surface area contributed by atoms with E-state index in [-0.39, 0.29) is 0 Å². The molecule has 2 unspecified atom stereocenters. The maximum atomic E-state index is 5.50. The number of nitrogens with one attached hydrogen (secondary N) is 1. The summed E-state index contributed by atoms with van der Waals surface area (Å²) in [5, 5.41) is 3.41. The van der Waals surface area contributed by atoms with Crippen LogP contribution in [0.4, 0.5) is 0 Å². The molecule has 1 N–H and O–H groups in total. The SMILES string of the molecule is CCCOCCCN1CCC(NC)C(C)C1. The van der Waals surface area contributed by atoms with Crippen LogP contribution in [-0.2, 0) is 4.74 Å². The molecule has 2 atom stereocenters. The number of hydrogen-bond acceptors (Lipinski definition) is 3. The Morgan fingerprint density at radius 2 is 2.19 bits per heavy atom. The minimum absolute atomic E-state index is 0.715. The van der Waals surface area contributed by atoms with Gasteiger partial charge in [0.15, 0.2) is 0 Å². The van der Waals surface area contributed by atoms with Crippen molar-refractivity contribution in [1.82, 2.24) is 10.2 Å². The lowest BCUT2D eigenvalue weighted by molar-refractivity contribution is 0.104. The zero-order valence-electron chi connectivity index (χ0n) is 11.2. The molecule has 0 aromatic heterocycles.